The summed E-state index contributed by atoms with van der Waals surface area (Å²) in [4.78, 5) is 23.9. The number of hydrogen-bond acceptors (Lipinski definition) is 4. The zero-order chi connectivity index (χ0) is 26.4. The van der Waals surface area contributed by atoms with Crippen LogP contribution < -0.4 is 10.6 Å². The first kappa shape index (κ1) is 25.8. The van der Waals surface area contributed by atoms with Crippen molar-refractivity contribution in [3.63, 3.8) is 0 Å². The monoisotopic (exact) mass is 527 g/mol. The van der Waals surface area contributed by atoms with E-state index >= 15 is 0 Å². The lowest BCUT2D eigenvalue weighted by Crippen LogP contribution is -2.54. The Labute approximate surface area is 216 Å². The van der Waals surface area contributed by atoms with Crippen LogP contribution in [0, 0.1) is 11.5 Å². The number of urea groups is 1. The fourth-order valence-corrected chi connectivity index (χ4v) is 4.02. The third-order valence-electron chi connectivity index (χ3n) is 5.69. The minimum Gasteiger partial charge on any atom is -0.338 e. The molecule has 3 aromatic rings. The Hall–Kier alpha value is -4.30. The number of guanidine groups is 1. The second kappa shape index (κ2) is 11.2. The molecule has 37 heavy (non-hydrogen) atoms. The molecular weight excluding hydrogens is 507 g/mol. The molecule has 4 rings (SSSR count). The minimum absolute atomic E-state index is 0.141. The molecule has 2 heterocycles. The average molecular weight is 528 g/mol. The van der Waals surface area contributed by atoms with Crippen LogP contribution in [-0.2, 0) is 6.18 Å². The topological polar surface area (TPSA) is 96.7 Å². The third-order valence-corrected chi connectivity index (χ3v) is 5.94. The number of benzene rings is 2. The summed E-state index contributed by atoms with van der Waals surface area (Å²) in [7, 11) is 0. The van der Waals surface area contributed by atoms with Crippen LogP contribution in [0.5, 0.6) is 0 Å². The number of aromatic nitrogens is 1. The number of aliphatic imine (C=N–C) groups is 1. The maximum atomic E-state index is 13.2. The predicted molar refractivity (Wildman–Crippen MR) is 134 cm³/mol. The van der Waals surface area contributed by atoms with E-state index in [9.17, 15) is 23.2 Å². The Kier molecular flexibility index (Phi) is 7.79. The van der Waals surface area contributed by atoms with Crippen molar-refractivity contribution in [2.24, 2.45) is 4.99 Å². The molecule has 2 amide bonds. The van der Waals surface area contributed by atoms with E-state index < -0.39 is 17.9 Å². The number of anilines is 2. The zero-order valence-corrected chi connectivity index (χ0v) is 20.0. The van der Waals surface area contributed by atoms with Crippen LogP contribution in [0.1, 0.15) is 17.3 Å². The lowest BCUT2D eigenvalue weighted by molar-refractivity contribution is -0.141. The predicted octanol–water partition coefficient (Wildman–Crippen LogP) is 5.59. The van der Waals surface area contributed by atoms with Crippen LogP contribution in [0.15, 0.2) is 77.9 Å². The summed E-state index contributed by atoms with van der Waals surface area (Å²) in [5.41, 5.74) is 0.667. The van der Waals surface area contributed by atoms with Crippen molar-refractivity contribution in [1.29, 1.82) is 5.26 Å². The first-order valence-electron chi connectivity index (χ1n) is 11.1. The van der Waals surface area contributed by atoms with E-state index in [0.29, 0.717) is 17.3 Å². The van der Waals surface area contributed by atoms with Crippen molar-refractivity contribution < 1.29 is 18.0 Å². The molecule has 2 aromatic carbocycles. The lowest BCUT2D eigenvalue weighted by Gasteiger charge is -2.42. The molecule has 0 spiro atoms. The summed E-state index contributed by atoms with van der Waals surface area (Å²) < 4.78 is 38.6. The molecule has 1 aliphatic heterocycles. The Morgan fingerprint density at radius 3 is 2.35 bits per heavy atom. The van der Waals surface area contributed by atoms with Gasteiger partial charge in [0, 0.05) is 30.3 Å². The van der Waals surface area contributed by atoms with Crippen LogP contribution in [-0.4, -0.2) is 46.4 Å². The van der Waals surface area contributed by atoms with Gasteiger partial charge in [0.1, 0.15) is 5.69 Å². The molecule has 8 nitrogen and oxygen atoms in total. The minimum atomic E-state index is -4.56. The van der Waals surface area contributed by atoms with E-state index in [-0.39, 0.29) is 30.8 Å². The van der Waals surface area contributed by atoms with Gasteiger partial charge in [0.2, 0.25) is 12.2 Å². The molecule has 190 valence electrons. The number of halogens is 4. The number of alkyl halides is 3. The largest absolute Gasteiger partial charge is 0.433 e. The number of carbonyl (C=O) groups is 1. The highest BCUT2D eigenvalue weighted by Gasteiger charge is 2.34. The van der Waals surface area contributed by atoms with Crippen molar-refractivity contribution in [2.75, 3.05) is 30.3 Å². The highest BCUT2D eigenvalue weighted by Crippen LogP contribution is 2.29. The van der Waals surface area contributed by atoms with Gasteiger partial charge in [0.25, 0.3) is 0 Å². The van der Waals surface area contributed by atoms with Crippen LogP contribution in [0.25, 0.3) is 0 Å². The first-order valence-corrected chi connectivity index (χ1v) is 11.5. The van der Waals surface area contributed by atoms with Crippen molar-refractivity contribution >= 4 is 35.0 Å². The molecule has 1 atom stereocenters. The summed E-state index contributed by atoms with van der Waals surface area (Å²) in [5.74, 6) is 0.141. The standard InChI is InChI=1S/C25H21ClF3N7O/c26-18-6-8-19(9-7-18)34-24(37)36-13-12-35(15-21(36)17-4-2-1-3-5-17)23(32-16-30)33-20-10-11-22(31-14-20)25(27,28)29/h1-11,14,21H,12-13,15H2,(H,32,33)(H,34,37). The van der Waals surface area contributed by atoms with Crippen LogP contribution >= 0.6 is 11.6 Å². The van der Waals surface area contributed by atoms with E-state index in [0.717, 1.165) is 17.8 Å². The van der Waals surface area contributed by atoms with Crippen LogP contribution in [0.2, 0.25) is 5.02 Å². The van der Waals surface area contributed by atoms with Gasteiger partial charge >= 0.3 is 12.2 Å². The molecule has 0 saturated carbocycles. The highest BCUT2D eigenvalue weighted by molar-refractivity contribution is 6.30. The van der Waals surface area contributed by atoms with E-state index in [1.54, 1.807) is 40.3 Å². The van der Waals surface area contributed by atoms with Gasteiger partial charge in [-0.2, -0.15) is 18.4 Å². The molecule has 1 saturated heterocycles. The van der Waals surface area contributed by atoms with Crippen molar-refractivity contribution in [3.05, 3.63) is 89.2 Å². The SMILES string of the molecule is N#C/N=C(/Nc1ccc(C(F)(F)F)nc1)N1CCN(C(=O)Nc2ccc(Cl)cc2)C(c2ccccc2)C1. The van der Waals surface area contributed by atoms with E-state index in [1.807, 2.05) is 30.3 Å². The molecular formula is C25H21ClF3N7O. The van der Waals surface area contributed by atoms with Gasteiger partial charge in [0.15, 0.2) is 0 Å². The fourth-order valence-electron chi connectivity index (χ4n) is 3.90. The molecule has 2 N–H and O–H groups in total. The molecule has 1 fully saturated rings. The molecule has 1 aliphatic rings. The number of rotatable bonds is 3. The van der Waals surface area contributed by atoms with Gasteiger partial charge < -0.3 is 20.4 Å². The molecule has 0 aliphatic carbocycles. The van der Waals surface area contributed by atoms with Gasteiger partial charge in [-0.3, -0.25) is 0 Å². The average Bonchev–Trinajstić information content (AvgIpc) is 2.90. The second-order valence-electron chi connectivity index (χ2n) is 8.09. The van der Waals surface area contributed by atoms with Crippen molar-refractivity contribution in [3.8, 4) is 6.19 Å². The summed E-state index contributed by atoms with van der Waals surface area (Å²) in [6.07, 6.45) is -1.81. The molecule has 0 bridgehead atoms. The fraction of sp³-hybridized carbons (Fsp3) is 0.200. The molecule has 12 heteroatoms. The Bertz CT molecular complexity index is 1290. The summed E-state index contributed by atoms with van der Waals surface area (Å²) in [6, 6.07) is 17.5. The number of amides is 2. The number of pyridine rings is 1. The maximum absolute atomic E-state index is 13.2. The highest BCUT2D eigenvalue weighted by atomic mass is 35.5. The van der Waals surface area contributed by atoms with Crippen molar-refractivity contribution in [2.45, 2.75) is 12.2 Å². The Morgan fingerprint density at radius 1 is 1.03 bits per heavy atom. The molecule has 1 unspecified atom stereocenters. The summed E-state index contributed by atoms with van der Waals surface area (Å²) in [6.45, 7) is 0.884. The quantitative estimate of drug-likeness (QED) is 0.263. The van der Waals surface area contributed by atoms with Gasteiger partial charge in [-0.05, 0) is 42.0 Å². The van der Waals surface area contributed by atoms with E-state index in [4.69, 9.17) is 11.6 Å². The Balaban J connectivity index is 1.54. The van der Waals surface area contributed by atoms with Crippen LogP contribution in [0.3, 0.4) is 0 Å². The number of piperazine rings is 1. The summed E-state index contributed by atoms with van der Waals surface area (Å²) >= 11 is 5.93. The third kappa shape index (κ3) is 6.48. The number of nitriles is 1. The Morgan fingerprint density at radius 2 is 1.73 bits per heavy atom. The normalized spacial score (nSPS) is 16.2. The van der Waals surface area contributed by atoms with E-state index in [1.165, 1.54) is 6.07 Å². The van der Waals surface area contributed by atoms with Gasteiger partial charge in [-0.25, -0.2) is 9.78 Å². The molecule has 0 radical (unpaired) electrons. The first-order chi connectivity index (χ1) is 17.7. The van der Waals surface area contributed by atoms with Gasteiger partial charge in [-0.15, -0.1) is 4.99 Å². The number of nitrogens with one attached hydrogen (secondary N) is 2. The number of nitrogens with zero attached hydrogens (tertiary/aromatic N) is 5. The maximum Gasteiger partial charge on any atom is 0.433 e. The molecule has 1 aromatic heterocycles. The zero-order valence-electron chi connectivity index (χ0n) is 19.3. The number of carbonyl (C=O) groups excluding carboxylic acids is 1. The summed E-state index contributed by atoms with van der Waals surface area (Å²) in [5, 5.41) is 15.6. The second-order valence-corrected chi connectivity index (χ2v) is 8.53. The van der Waals surface area contributed by atoms with Gasteiger partial charge in [0.05, 0.1) is 17.9 Å². The van der Waals surface area contributed by atoms with E-state index in [2.05, 4.69) is 20.6 Å². The van der Waals surface area contributed by atoms with Gasteiger partial charge in [-0.1, -0.05) is 41.9 Å². The van der Waals surface area contributed by atoms with Crippen molar-refractivity contribution in [1.82, 2.24) is 14.8 Å². The lowest BCUT2D eigenvalue weighted by atomic mass is 10.0. The smallest absolute Gasteiger partial charge is 0.338 e. The number of hydrogen-bond donors (Lipinski definition) is 2. The van der Waals surface area contributed by atoms with Crippen LogP contribution in [0.4, 0.5) is 29.3 Å².